The molecule has 2 heterocycles. The molecule has 1 aromatic heterocycles. The molecule has 21 heavy (non-hydrogen) atoms. The zero-order chi connectivity index (χ0) is 14.8. The van der Waals surface area contributed by atoms with E-state index in [1.807, 2.05) is 13.0 Å². The summed E-state index contributed by atoms with van der Waals surface area (Å²) in [6.45, 7) is 2.98. The number of fused-ring (bicyclic) bond motifs is 1. The van der Waals surface area contributed by atoms with E-state index in [2.05, 4.69) is 0 Å². The lowest BCUT2D eigenvalue weighted by atomic mass is 10.0. The molecule has 0 amide bonds. The second-order valence-corrected chi connectivity index (χ2v) is 5.22. The summed E-state index contributed by atoms with van der Waals surface area (Å²) < 4.78 is 15.8. The highest BCUT2D eigenvalue weighted by Gasteiger charge is 2.23. The second-order valence-electron chi connectivity index (χ2n) is 5.22. The highest BCUT2D eigenvalue weighted by atomic mass is 16.5. The zero-order valence-electron chi connectivity index (χ0n) is 11.8. The minimum absolute atomic E-state index is 0.00951. The fourth-order valence-electron chi connectivity index (χ4n) is 2.46. The van der Waals surface area contributed by atoms with E-state index in [1.54, 1.807) is 12.1 Å². The van der Waals surface area contributed by atoms with E-state index in [4.69, 9.17) is 13.9 Å². The van der Waals surface area contributed by atoms with E-state index in [0.717, 1.165) is 17.4 Å². The van der Waals surface area contributed by atoms with Crippen LogP contribution in [0.4, 0.5) is 0 Å². The largest absolute Gasteiger partial charge is 0.486 e. The topological polar surface area (TPSA) is 65.7 Å². The van der Waals surface area contributed by atoms with Gasteiger partial charge in [0.15, 0.2) is 5.78 Å². The van der Waals surface area contributed by atoms with E-state index in [0.29, 0.717) is 24.5 Å². The smallest absolute Gasteiger partial charge is 0.336 e. The fraction of sp³-hybridized carbons (Fsp3) is 0.375. The van der Waals surface area contributed by atoms with Gasteiger partial charge in [0.1, 0.15) is 17.9 Å². The van der Waals surface area contributed by atoms with E-state index in [-0.39, 0.29) is 18.3 Å². The van der Waals surface area contributed by atoms with Gasteiger partial charge < -0.3 is 13.9 Å². The normalized spacial score (nSPS) is 18.0. The van der Waals surface area contributed by atoms with Gasteiger partial charge in [-0.2, -0.15) is 0 Å². The lowest BCUT2D eigenvalue weighted by Gasteiger charge is -2.09. The van der Waals surface area contributed by atoms with Gasteiger partial charge in [-0.25, -0.2) is 4.79 Å². The van der Waals surface area contributed by atoms with Gasteiger partial charge in [-0.1, -0.05) is 0 Å². The number of ketones is 1. The van der Waals surface area contributed by atoms with Gasteiger partial charge in [-0.3, -0.25) is 4.79 Å². The maximum Gasteiger partial charge on any atom is 0.336 e. The molecular formula is C16H16O5. The van der Waals surface area contributed by atoms with Crippen LogP contribution in [0.1, 0.15) is 12.0 Å². The Morgan fingerprint density at radius 2 is 2.24 bits per heavy atom. The molecular weight excluding hydrogens is 272 g/mol. The van der Waals surface area contributed by atoms with Gasteiger partial charge in [-0.15, -0.1) is 0 Å². The SMILES string of the molecule is Cc1cc(=O)oc2cc(OCC(=O)C3CCOC3)ccc12. The Labute approximate surface area is 121 Å². The predicted molar refractivity (Wildman–Crippen MR) is 76.6 cm³/mol. The Morgan fingerprint density at radius 3 is 3.00 bits per heavy atom. The first kappa shape index (κ1) is 13.8. The summed E-state index contributed by atoms with van der Waals surface area (Å²) >= 11 is 0. The standard InChI is InChI=1S/C16H16O5/c1-10-6-16(18)21-15-7-12(2-3-13(10)15)20-9-14(17)11-4-5-19-8-11/h2-3,6-7,11H,4-5,8-9H2,1H3. The third-order valence-corrected chi connectivity index (χ3v) is 3.69. The molecule has 2 aromatic rings. The van der Waals surface area contributed by atoms with Crippen molar-refractivity contribution in [3.8, 4) is 5.75 Å². The summed E-state index contributed by atoms with van der Waals surface area (Å²) in [5.74, 6) is 0.493. The van der Waals surface area contributed by atoms with Crippen molar-refractivity contribution in [1.29, 1.82) is 0 Å². The summed E-state index contributed by atoms with van der Waals surface area (Å²) in [7, 11) is 0. The first-order valence-electron chi connectivity index (χ1n) is 6.91. The van der Waals surface area contributed by atoms with Gasteiger partial charge in [0.25, 0.3) is 0 Å². The predicted octanol–water partition coefficient (Wildman–Crippen LogP) is 2.09. The Bertz CT molecular complexity index is 725. The van der Waals surface area contributed by atoms with Crippen LogP contribution < -0.4 is 10.4 Å². The number of ether oxygens (including phenoxy) is 2. The van der Waals surface area contributed by atoms with Crippen molar-refractivity contribution >= 4 is 16.8 Å². The van der Waals surface area contributed by atoms with Gasteiger partial charge in [0, 0.05) is 30.0 Å². The molecule has 1 fully saturated rings. The summed E-state index contributed by atoms with van der Waals surface area (Å²) in [5.41, 5.74) is 0.928. The van der Waals surface area contributed by atoms with Crippen LogP contribution in [0.3, 0.4) is 0 Å². The average molecular weight is 288 g/mol. The number of carbonyl (C=O) groups is 1. The molecule has 1 aliphatic rings. The highest BCUT2D eigenvalue weighted by molar-refractivity contribution is 5.83. The summed E-state index contributed by atoms with van der Waals surface area (Å²) in [5, 5.41) is 0.859. The van der Waals surface area contributed by atoms with Crippen LogP contribution in [0.15, 0.2) is 33.5 Å². The molecule has 0 N–H and O–H groups in total. The molecule has 1 aliphatic heterocycles. The van der Waals surface area contributed by atoms with Gasteiger partial charge >= 0.3 is 5.63 Å². The second kappa shape index (κ2) is 5.69. The van der Waals surface area contributed by atoms with Gasteiger partial charge in [-0.05, 0) is 31.0 Å². The Hall–Kier alpha value is -2.14. The molecule has 110 valence electrons. The van der Waals surface area contributed by atoms with Crippen molar-refractivity contribution in [1.82, 2.24) is 0 Å². The Balaban J connectivity index is 1.75. The summed E-state index contributed by atoms with van der Waals surface area (Å²) in [6.07, 6.45) is 0.758. The summed E-state index contributed by atoms with van der Waals surface area (Å²) in [4.78, 5) is 23.3. The number of aryl methyl sites for hydroxylation is 1. The maximum absolute atomic E-state index is 11.9. The minimum atomic E-state index is -0.392. The van der Waals surface area contributed by atoms with E-state index >= 15 is 0 Å². The van der Waals surface area contributed by atoms with E-state index in [9.17, 15) is 9.59 Å². The molecule has 3 rings (SSSR count). The van der Waals surface area contributed by atoms with Gasteiger partial charge in [0.05, 0.1) is 6.61 Å². The van der Waals surface area contributed by atoms with Crippen molar-refractivity contribution in [2.24, 2.45) is 5.92 Å². The van der Waals surface area contributed by atoms with Crippen molar-refractivity contribution in [2.75, 3.05) is 19.8 Å². The molecule has 0 spiro atoms. The molecule has 1 unspecified atom stereocenters. The summed E-state index contributed by atoms with van der Waals surface area (Å²) in [6, 6.07) is 6.69. The first-order valence-corrected chi connectivity index (χ1v) is 6.91. The third-order valence-electron chi connectivity index (χ3n) is 3.69. The fourth-order valence-corrected chi connectivity index (χ4v) is 2.46. The third kappa shape index (κ3) is 2.97. The number of rotatable bonds is 4. The minimum Gasteiger partial charge on any atom is -0.486 e. The number of Topliss-reactive ketones (excluding diaryl/α,β-unsaturated/α-hetero) is 1. The van der Waals surface area contributed by atoms with Crippen LogP contribution in [0.5, 0.6) is 5.75 Å². The molecule has 0 saturated carbocycles. The molecule has 1 saturated heterocycles. The number of hydrogen-bond acceptors (Lipinski definition) is 5. The molecule has 5 heteroatoms. The number of carbonyl (C=O) groups excluding carboxylic acids is 1. The van der Waals surface area contributed by atoms with Crippen LogP contribution in [-0.4, -0.2) is 25.6 Å². The van der Waals surface area contributed by atoms with Crippen LogP contribution >= 0.6 is 0 Å². The van der Waals surface area contributed by atoms with Crippen molar-refractivity contribution < 1.29 is 18.7 Å². The van der Waals surface area contributed by atoms with Crippen LogP contribution in [0, 0.1) is 12.8 Å². The van der Waals surface area contributed by atoms with E-state index in [1.165, 1.54) is 6.07 Å². The van der Waals surface area contributed by atoms with Crippen molar-refractivity contribution in [3.05, 3.63) is 40.2 Å². The average Bonchev–Trinajstić information content (AvgIpc) is 2.98. The zero-order valence-corrected chi connectivity index (χ0v) is 11.8. The molecule has 5 nitrogen and oxygen atoms in total. The molecule has 0 bridgehead atoms. The quantitative estimate of drug-likeness (QED) is 0.806. The lowest BCUT2D eigenvalue weighted by Crippen LogP contribution is -2.21. The molecule has 0 radical (unpaired) electrons. The van der Waals surface area contributed by atoms with E-state index < -0.39 is 5.63 Å². The van der Waals surface area contributed by atoms with Crippen LogP contribution in [0.25, 0.3) is 11.0 Å². The van der Waals surface area contributed by atoms with Crippen LogP contribution in [-0.2, 0) is 9.53 Å². The monoisotopic (exact) mass is 288 g/mol. The highest BCUT2D eigenvalue weighted by Crippen LogP contribution is 2.22. The van der Waals surface area contributed by atoms with Gasteiger partial charge in [0.2, 0.25) is 0 Å². The number of benzene rings is 1. The number of hydrogen-bond donors (Lipinski definition) is 0. The maximum atomic E-state index is 11.9. The lowest BCUT2D eigenvalue weighted by molar-refractivity contribution is -0.124. The molecule has 0 aliphatic carbocycles. The Kier molecular flexibility index (Phi) is 3.75. The van der Waals surface area contributed by atoms with Crippen LogP contribution in [0.2, 0.25) is 0 Å². The molecule has 1 atom stereocenters. The van der Waals surface area contributed by atoms with Crippen molar-refractivity contribution in [2.45, 2.75) is 13.3 Å². The first-order chi connectivity index (χ1) is 10.1. The Morgan fingerprint density at radius 1 is 1.38 bits per heavy atom. The molecule has 1 aromatic carbocycles. The van der Waals surface area contributed by atoms with Crippen molar-refractivity contribution in [3.63, 3.8) is 0 Å².